The summed E-state index contributed by atoms with van der Waals surface area (Å²) >= 11 is 0. The third-order valence-corrected chi connectivity index (χ3v) is 9.48. The smallest absolute Gasteiger partial charge is 0.462 e. The van der Waals surface area contributed by atoms with Crippen molar-refractivity contribution in [3.63, 3.8) is 0 Å². The second-order valence-electron chi connectivity index (χ2n) is 13.5. The van der Waals surface area contributed by atoms with Crippen LogP contribution in [0.2, 0.25) is 0 Å². The van der Waals surface area contributed by atoms with Gasteiger partial charge in [-0.15, -0.1) is 0 Å². The Morgan fingerprint density at radius 1 is 0.667 bits per heavy atom. The zero-order valence-corrected chi connectivity index (χ0v) is 34.3. The molecule has 308 valence electrons. The molecule has 10 nitrogen and oxygen atoms in total. The molecule has 0 spiro atoms. The van der Waals surface area contributed by atoms with Crippen molar-refractivity contribution in [3.8, 4) is 0 Å². The summed E-state index contributed by atoms with van der Waals surface area (Å²) in [4.78, 5) is 34.8. The Morgan fingerprint density at radius 2 is 1.22 bits per heavy atom. The van der Waals surface area contributed by atoms with Crippen molar-refractivity contribution in [2.45, 2.75) is 161 Å². The maximum absolute atomic E-state index is 12.5. The standard InChI is InChI=1S/C43H72NO9P/c1-3-5-7-8-9-10-11-12-16-19-22-25-29-33-42(45)49-37-39(38-51-54(47,48)50-36-35-44)52-43(46)34-30-26-23-20-17-14-13-15-18-21-24-28-32-41-40(53-41)31-27-6-4-2/h6,10-11,14-15,17-18,23-24,26-28,39-41H,3-5,7-9,12-13,16,19-22,25,29-38,44H2,1-2H3,(H,47,48)/b11-10-,17-14-,18-15-,26-23-,27-6-,28-24-/t39-,40?,41?/m1/s1. The maximum atomic E-state index is 12.5. The van der Waals surface area contributed by atoms with Crippen LogP contribution in [0.3, 0.4) is 0 Å². The molecule has 1 aliphatic heterocycles. The molecule has 0 saturated carbocycles. The fraction of sp³-hybridized carbons (Fsp3) is 0.674. The van der Waals surface area contributed by atoms with Gasteiger partial charge in [0.2, 0.25) is 0 Å². The summed E-state index contributed by atoms with van der Waals surface area (Å²) in [6.45, 7) is 3.47. The van der Waals surface area contributed by atoms with Crippen molar-refractivity contribution >= 4 is 19.8 Å². The largest absolute Gasteiger partial charge is 0.472 e. The first kappa shape index (κ1) is 49.4. The van der Waals surface area contributed by atoms with E-state index in [9.17, 15) is 19.0 Å². The molecule has 0 aromatic carbocycles. The topological polar surface area (TPSA) is 147 Å². The van der Waals surface area contributed by atoms with E-state index < -0.39 is 32.5 Å². The van der Waals surface area contributed by atoms with Crippen LogP contribution < -0.4 is 5.73 Å². The monoisotopic (exact) mass is 777 g/mol. The van der Waals surface area contributed by atoms with Crippen LogP contribution in [0.5, 0.6) is 0 Å². The lowest BCUT2D eigenvalue weighted by molar-refractivity contribution is -0.161. The van der Waals surface area contributed by atoms with E-state index in [1.54, 1.807) is 0 Å². The van der Waals surface area contributed by atoms with Gasteiger partial charge in [-0.05, 0) is 77.0 Å². The molecule has 1 saturated heterocycles. The van der Waals surface area contributed by atoms with Gasteiger partial charge in [-0.3, -0.25) is 18.6 Å². The maximum Gasteiger partial charge on any atom is 0.472 e. The van der Waals surface area contributed by atoms with Crippen LogP contribution in [0.25, 0.3) is 0 Å². The molecule has 0 aromatic rings. The van der Waals surface area contributed by atoms with Gasteiger partial charge in [0.05, 0.1) is 25.4 Å². The minimum atomic E-state index is -4.40. The van der Waals surface area contributed by atoms with Gasteiger partial charge in [0.15, 0.2) is 6.10 Å². The second kappa shape index (κ2) is 34.9. The summed E-state index contributed by atoms with van der Waals surface area (Å²) < 4.78 is 38.3. The van der Waals surface area contributed by atoms with Crippen LogP contribution >= 0.6 is 7.82 Å². The molecule has 1 fully saturated rings. The van der Waals surface area contributed by atoms with Gasteiger partial charge in [-0.1, -0.05) is 125 Å². The molecule has 4 atom stereocenters. The van der Waals surface area contributed by atoms with Crippen LogP contribution in [0.4, 0.5) is 0 Å². The zero-order chi connectivity index (χ0) is 39.4. The number of carbonyl (C=O) groups is 2. The van der Waals surface area contributed by atoms with E-state index >= 15 is 0 Å². The lowest BCUT2D eigenvalue weighted by Gasteiger charge is -2.19. The first-order chi connectivity index (χ1) is 26.3. The average Bonchev–Trinajstić information content (AvgIpc) is 3.91. The van der Waals surface area contributed by atoms with Gasteiger partial charge in [0.25, 0.3) is 0 Å². The number of epoxide rings is 1. The lowest BCUT2D eigenvalue weighted by Crippen LogP contribution is -2.29. The van der Waals surface area contributed by atoms with E-state index in [2.05, 4.69) is 74.6 Å². The number of ether oxygens (including phenoxy) is 3. The average molecular weight is 778 g/mol. The normalized spacial score (nSPS) is 17.9. The van der Waals surface area contributed by atoms with Crippen molar-refractivity contribution < 1.29 is 42.3 Å². The summed E-state index contributed by atoms with van der Waals surface area (Å²) in [6.07, 6.45) is 44.1. The molecule has 1 heterocycles. The molecule has 0 amide bonds. The molecule has 1 rings (SSSR count). The Kier molecular flexibility index (Phi) is 31.9. The fourth-order valence-corrected chi connectivity index (χ4v) is 6.11. The van der Waals surface area contributed by atoms with Crippen LogP contribution in [-0.2, 0) is 37.4 Å². The molecular weight excluding hydrogens is 705 g/mol. The molecule has 11 heteroatoms. The molecule has 3 unspecified atom stereocenters. The highest BCUT2D eigenvalue weighted by Crippen LogP contribution is 2.43. The predicted octanol–water partition coefficient (Wildman–Crippen LogP) is 10.5. The highest BCUT2D eigenvalue weighted by atomic mass is 31.2. The van der Waals surface area contributed by atoms with Gasteiger partial charge in [0.1, 0.15) is 6.61 Å². The minimum Gasteiger partial charge on any atom is -0.462 e. The van der Waals surface area contributed by atoms with Crippen molar-refractivity contribution in [2.75, 3.05) is 26.4 Å². The van der Waals surface area contributed by atoms with Gasteiger partial charge < -0.3 is 24.8 Å². The Morgan fingerprint density at radius 3 is 1.85 bits per heavy atom. The van der Waals surface area contributed by atoms with E-state index in [4.69, 9.17) is 29.0 Å². The number of unbranched alkanes of at least 4 members (excludes halogenated alkanes) is 9. The molecular formula is C43H72NO9P. The summed E-state index contributed by atoms with van der Waals surface area (Å²) in [5, 5.41) is 0. The third-order valence-electron chi connectivity index (χ3n) is 8.49. The number of phosphoric acid groups is 1. The Labute approximate surface area is 326 Å². The summed E-state index contributed by atoms with van der Waals surface area (Å²) in [5.74, 6) is -0.949. The third kappa shape index (κ3) is 31.7. The number of phosphoric ester groups is 1. The molecule has 54 heavy (non-hydrogen) atoms. The summed E-state index contributed by atoms with van der Waals surface area (Å²) in [6, 6.07) is 0. The molecule has 0 aliphatic carbocycles. The second-order valence-corrected chi connectivity index (χ2v) is 15.0. The van der Waals surface area contributed by atoms with E-state index in [-0.39, 0.29) is 32.6 Å². The first-order valence-electron chi connectivity index (χ1n) is 20.5. The van der Waals surface area contributed by atoms with E-state index in [0.717, 1.165) is 70.6 Å². The molecule has 0 bridgehead atoms. The zero-order valence-electron chi connectivity index (χ0n) is 33.4. The SMILES string of the molecule is CC/C=C\CC1OC1C/C=C\C/C=C\C/C=C\C/C=C\CCC(=O)O[C@H](COC(=O)CCCCCCC/C=C\CCCCCC)COP(=O)(O)OCCN. The van der Waals surface area contributed by atoms with Gasteiger partial charge >= 0.3 is 19.8 Å². The van der Waals surface area contributed by atoms with Crippen LogP contribution in [0.15, 0.2) is 72.9 Å². The van der Waals surface area contributed by atoms with Gasteiger partial charge in [-0.2, -0.15) is 0 Å². The molecule has 3 N–H and O–H groups in total. The van der Waals surface area contributed by atoms with Crippen molar-refractivity contribution in [3.05, 3.63) is 72.9 Å². The molecule has 1 aliphatic rings. The van der Waals surface area contributed by atoms with Crippen molar-refractivity contribution in [1.29, 1.82) is 0 Å². The van der Waals surface area contributed by atoms with E-state index in [1.807, 2.05) is 12.2 Å². The van der Waals surface area contributed by atoms with Crippen LogP contribution in [-0.4, -0.2) is 61.5 Å². The van der Waals surface area contributed by atoms with Crippen LogP contribution in [0, 0.1) is 0 Å². The van der Waals surface area contributed by atoms with Gasteiger partial charge in [-0.25, -0.2) is 4.57 Å². The fourth-order valence-electron chi connectivity index (χ4n) is 5.34. The van der Waals surface area contributed by atoms with E-state index in [0.29, 0.717) is 25.0 Å². The number of esters is 2. The number of nitrogens with two attached hydrogens (primary N) is 1. The van der Waals surface area contributed by atoms with Crippen molar-refractivity contribution in [2.24, 2.45) is 5.73 Å². The summed E-state index contributed by atoms with van der Waals surface area (Å²) in [5.41, 5.74) is 5.33. The quantitative estimate of drug-likeness (QED) is 0.0207. The highest BCUT2D eigenvalue weighted by Gasteiger charge is 2.36. The Balaban J connectivity index is 2.26. The lowest BCUT2D eigenvalue weighted by atomic mass is 10.1. The minimum absolute atomic E-state index is 0.0355. The Bertz CT molecular complexity index is 1180. The molecule has 0 radical (unpaired) electrons. The summed E-state index contributed by atoms with van der Waals surface area (Å²) in [7, 11) is -4.40. The number of hydrogen-bond donors (Lipinski definition) is 2. The predicted molar refractivity (Wildman–Crippen MR) is 219 cm³/mol. The number of rotatable bonds is 36. The Hall–Kier alpha value is -2.59. The van der Waals surface area contributed by atoms with Crippen LogP contribution in [0.1, 0.15) is 142 Å². The molecule has 0 aromatic heterocycles. The number of allylic oxidation sites excluding steroid dienone is 10. The number of hydrogen-bond acceptors (Lipinski definition) is 9. The van der Waals surface area contributed by atoms with E-state index in [1.165, 1.54) is 32.1 Å². The highest BCUT2D eigenvalue weighted by molar-refractivity contribution is 7.47. The first-order valence-corrected chi connectivity index (χ1v) is 22.0. The number of carbonyl (C=O) groups excluding carboxylic acids is 2. The van der Waals surface area contributed by atoms with Crippen molar-refractivity contribution in [1.82, 2.24) is 0 Å². The van der Waals surface area contributed by atoms with Gasteiger partial charge in [0, 0.05) is 19.4 Å².